The van der Waals surface area contributed by atoms with Gasteiger partial charge >= 0.3 is 0 Å². The molecule has 1 saturated carbocycles. The standard InChI is InChI=1S/C12H25N/c1-2-3-4-6-12(9-10-13)11-7-5-8-11/h11-12H,2-10,13H2,1H3. The quantitative estimate of drug-likeness (QED) is 0.602. The van der Waals surface area contributed by atoms with E-state index >= 15 is 0 Å². The monoisotopic (exact) mass is 183 g/mol. The van der Waals surface area contributed by atoms with Gasteiger partial charge in [0.15, 0.2) is 0 Å². The van der Waals surface area contributed by atoms with Gasteiger partial charge in [-0.05, 0) is 24.8 Å². The van der Waals surface area contributed by atoms with Crippen LogP contribution in [0.4, 0.5) is 0 Å². The molecule has 1 rings (SSSR count). The van der Waals surface area contributed by atoms with Gasteiger partial charge in [-0.25, -0.2) is 0 Å². The first kappa shape index (κ1) is 11.0. The summed E-state index contributed by atoms with van der Waals surface area (Å²) in [6.45, 7) is 3.18. The van der Waals surface area contributed by atoms with E-state index in [9.17, 15) is 0 Å². The van der Waals surface area contributed by atoms with Gasteiger partial charge in [-0.1, -0.05) is 51.9 Å². The molecule has 1 unspecified atom stereocenters. The molecule has 0 aromatic rings. The minimum atomic E-state index is 0.896. The molecular formula is C12H25N. The Bertz CT molecular complexity index is 118. The van der Waals surface area contributed by atoms with Crippen molar-refractivity contribution in [3.05, 3.63) is 0 Å². The Balaban J connectivity index is 2.12. The van der Waals surface area contributed by atoms with Gasteiger partial charge < -0.3 is 5.73 Å². The summed E-state index contributed by atoms with van der Waals surface area (Å²) in [4.78, 5) is 0. The van der Waals surface area contributed by atoms with Gasteiger partial charge in [-0.3, -0.25) is 0 Å². The van der Waals surface area contributed by atoms with Crippen LogP contribution in [0.2, 0.25) is 0 Å². The molecule has 1 aliphatic carbocycles. The highest BCUT2D eigenvalue weighted by Gasteiger charge is 2.25. The van der Waals surface area contributed by atoms with Crippen LogP contribution in [0.25, 0.3) is 0 Å². The highest BCUT2D eigenvalue weighted by atomic mass is 14.5. The Hall–Kier alpha value is -0.0400. The summed E-state index contributed by atoms with van der Waals surface area (Å²) < 4.78 is 0. The van der Waals surface area contributed by atoms with E-state index in [0.717, 1.165) is 18.4 Å². The largest absolute Gasteiger partial charge is 0.330 e. The van der Waals surface area contributed by atoms with Crippen molar-refractivity contribution in [1.29, 1.82) is 0 Å². The van der Waals surface area contributed by atoms with Gasteiger partial charge in [0.2, 0.25) is 0 Å². The lowest BCUT2D eigenvalue weighted by molar-refractivity contribution is 0.184. The highest BCUT2D eigenvalue weighted by Crippen LogP contribution is 2.37. The van der Waals surface area contributed by atoms with Crippen LogP contribution < -0.4 is 5.73 Å². The van der Waals surface area contributed by atoms with Gasteiger partial charge in [-0.2, -0.15) is 0 Å². The zero-order chi connectivity index (χ0) is 9.52. The van der Waals surface area contributed by atoms with Gasteiger partial charge in [0, 0.05) is 0 Å². The number of hydrogen-bond acceptors (Lipinski definition) is 1. The van der Waals surface area contributed by atoms with Crippen molar-refractivity contribution in [2.24, 2.45) is 17.6 Å². The van der Waals surface area contributed by atoms with Crippen molar-refractivity contribution in [2.75, 3.05) is 6.54 Å². The molecule has 13 heavy (non-hydrogen) atoms. The first-order valence-corrected chi connectivity index (χ1v) is 6.08. The molecule has 78 valence electrons. The minimum absolute atomic E-state index is 0.896. The van der Waals surface area contributed by atoms with Gasteiger partial charge in [0.05, 0.1) is 0 Å². The second-order valence-corrected chi connectivity index (χ2v) is 4.52. The molecule has 0 spiro atoms. The summed E-state index contributed by atoms with van der Waals surface area (Å²) >= 11 is 0. The van der Waals surface area contributed by atoms with E-state index in [0.29, 0.717) is 0 Å². The van der Waals surface area contributed by atoms with Crippen LogP contribution in [0.15, 0.2) is 0 Å². The molecule has 0 aliphatic heterocycles. The molecule has 0 aromatic carbocycles. The SMILES string of the molecule is CCCCCC(CCN)C1CCC1. The Morgan fingerprint density at radius 3 is 2.46 bits per heavy atom. The molecule has 0 heterocycles. The van der Waals surface area contributed by atoms with Crippen LogP contribution in [-0.4, -0.2) is 6.54 Å². The Morgan fingerprint density at radius 2 is 2.00 bits per heavy atom. The predicted octanol–water partition coefficient (Wildman–Crippen LogP) is 3.33. The third kappa shape index (κ3) is 3.68. The summed E-state index contributed by atoms with van der Waals surface area (Å²) in [5, 5.41) is 0. The Labute approximate surface area is 83.1 Å². The predicted molar refractivity (Wildman–Crippen MR) is 58.6 cm³/mol. The van der Waals surface area contributed by atoms with E-state index in [2.05, 4.69) is 6.92 Å². The van der Waals surface area contributed by atoms with E-state index in [4.69, 9.17) is 5.73 Å². The van der Waals surface area contributed by atoms with Crippen molar-refractivity contribution in [3.8, 4) is 0 Å². The third-order valence-electron chi connectivity index (χ3n) is 3.53. The van der Waals surface area contributed by atoms with Crippen LogP contribution in [0.1, 0.15) is 58.3 Å². The second kappa shape index (κ2) is 6.42. The lowest BCUT2D eigenvalue weighted by Crippen LogP contribution is -2.24. The van der Waals surface area contributed by atoms with Crippen LogP contribution >= 0.6 is 0 Å². The van der Waals surface area contributed by atoms with Gasteiger partial charge in [0.25, 0.3) is 0 Å². The molecule has 0 radical (unpaired) electrons. The van der Waals surface area contributed by atoms with Crippen molar-refractivity contribution in [3.63, 3.8) is 0 Å². The molecule has 1 heteroatoms. The first-order chi connectivity index (χ1) is 6.38. The number of rotatable bonds is 7. The van der Waals surface area contributed by atoms with Crippen LogP contribution in [0.5, 0.6) is 0 Å². The van der Waals surface area contributed by atoms with E-state index in [1.165, 1.54) is 51.4 Å². The molecule has 1 fully saturated rings. The van der Waals surface area contributed by atoms with Crippen LogP contribution in [0, 0.1) is 11.8 Å². The maximum absolute atomic E-state index is 5.65. The highest BCUT2D eigenvalue weighted by molar-refractivity contribution is 4.77. The van der Waals surface area contributed by atoms with Crippen molar-refractivity contribution >= 4 is 0 Å². The molecular weight excluding hydrogens is 158 g/mol. The molecule has 1 atom stereocenters. The molecule has 0 aromatic heterocycles. The number of hydrogen-bond donors (Lipinski definition) is 1. The average Bonchev–Trinajstić information content (AvgIpc) is 2.02. The fourth-order valence-corrected chi connectivity index (χ4v) is 2.40. The van der Waals surface area contributed by atoms with Gasteiger partial charge in [-0.15, -0.1) is 0 Å². The molecule has 0 amide bonds. The average molecular weight is 183 g/mol. The fourth-order valence-electron chi connectivity index (χ4n) is 2.40. The van der Waals surface area contributed by atoms with E-state index < -0.39 is 0 Å². The van der Waals surface area contributed by atoms with E-state index in [1.807, 2.05) is 0 Å². The molecule has 1 aliphatic rings. The summed E-state index contributed by atoms with van der Waals surface area (Å²) in [6, 6.07) is 0. The van der Waals surface area contributed by atoms with Crippen molar-refractivity contribution < 1.29 is 0 Å². The fraction of sp³-hybridized carbons (Fsp3) is 1.00. The Morgan fingerprint density at radius 1 is 1.23 bits per heavy atom. The minimum Gasteiger partial charge on any atom is -0.330 e. The lowest BCUT2D eigenvalue weighted by Gasteiger charge is -2.33. The van der Waals surface area contributed by atoms with E-state index in [1.54, 1.807) is 0 Å². The summed E-state index contributed by atoms with van der Waals surface area (Å²) in [5.41, 5.74) is 5.65. The first-order valence-electron chi connectivity index (χ1n) is 6.08. The van der Waals surface area contributed by atoms with Crippen LogP contribution in [-0.2, 0) is 0 Å². The summed E-state index contributed by atoms with van der Waals surface area (Å²) in [7, 11) is 0. The van der Waals surface area contributed by atoms with Crippen molar-refractivity contribution in [2.45, 2.75) is 58.3 Å². The molecule has 2 N–H and O–H groups in total. The smallest absolute Gasteiger partial charge is 0.00745 e. The molecule has 0 bridgehead atoms. The second-order valence-electron chi connectivity index (χ2n) is 4.52. The van der Waals surface area contributed by atoms with E-state index in [-0.39, 0.29) is 0 Å². The number of unbranched alkanes of at least 4 members (excludes halogenated alkanes) is 2. The molecule has 0 saturated heterocycles. The zero-order valence-corrected chi connectivity index (χ0v) is 9.10. The Kier molecular flexibility index (Phi) is 5.45. The summed E-state index contributed by atoms with van der Waals surface area (Å²) in [5.74, 6) is 2.01. The topological polar surface area (TPSA) is 26.0 Å². The van der Waals surface area contributed by atoms with Gasteiger partial charge in [0.1, 0.15) is 0 Å². The zero-order valence-electron chi connectivity index (χ0n) is 9.10. The third-order valence-corrected chi connectivity index (χ3v) is 3.53. The lowest BCUT2D eigenvalue weighted by atomic mass is 9.72. The van der Waals surface area contributed by atoms with Crippen LogP contribution in [0.3, 0.4) is 0 Å². The molecule has 1 nitrogen and oxygen atoms in total. The number of nitrogens with two attached hydrogens (primary N) is 1. The normalized spacial score (nSPS) is 19.8. The maximum atomic E-state index is 5.65. The maximum Gasteiger partial charge on any atom is -0.00745 e. The summed E-state index contributed by atoms with van der Waals surface area (Å²) in [6.07, 6.45) is 11.3. The van der Waals surface area contributed by atoms with Crippen molar-refractivity contribution in [1.82, 2.24) is 0 Å².